The number of non-ortho nitro benzene ring substituents is 1. The van der Waals surface area contributed by atoms with Gasteiger partial charge in [-0.25, -0.2) is 0 Å². The van der Waals surface area contributed by atoms with Crippen LogP contribution in [-0.4, -0.2) is 32.7 Å². The summed E-state index contributed by atoms with van der Waals surface area (Å²) >= 11 is 0. The molecule has 1 aliphatic rings. The van der Waals surface area contributed by atoms with E-state index < -0.39 is 21.1 Å². The summed E-state index contributed by atoms with van der Waals surface area (Å²) < 4.78 is 34.5. The number of ether oxygens (including phenoxy) is 1. The molecule has 0 spiro atoms. The van der Waals surface area contributed by atoms with Gasteiger partial charge in [-0.3, -0.25) is 14.3 Å². The molecule has 2 atom stereocenters. The first kappa shape index (κ1) is 14.9. The molecule has 0 unspecified atom stereocenters. The summed E-state index contributed by atoms with van der Waals surface area (Å²) in [5, 5.41) is 10.5. The largest absolute Gasteiger partial charge is 0.379 e. The summed E-state index contributed by atoms with van der Waals surface area (Å²) in [5.74, 6) is 0. The zero-order valence-electron chi connectivity index (χ0n) is 10.9. The van der Waals surface area contributed by atoms with E-state index in [9.17, 15) is 18.5 Å². The topological polar surface area (TPSA) is 95.7 Å². The third kappa shape index (κ3) is 3.14. The number of hydrogen-bond acceptors (Lipinski definition) is 6. The summed E-state index contributed by atoms with van der Waals surface area (Å²) in [5.41, 5.74) is -0.167. The first-order chi connectivity index (χ1) is 9.44. The van der Waals surface area contributed by atoms with Crippen LogP contribution in [0.1, 0.15) is 19.3 Å². The second-order valence-electron chi connectivity index (χ2n) is 4.54. The van der Waals surface area contributed by atoms with Gasteiger partial charge in [-0.2, -0.15) is 8.42 Å². The van der Waals surface area contributed by atoms with E-state index >= 15 is 0 Å². The summed E-state index contributed by atoms with van der Waals surface area (Å²) in [6.45, 7) is 0. The third-order valence-electron chi connectivity index (χ3n) is 3.28. The second kappa shape index (κ2) is 5.86. The Kier molecular flexibility index (Phi) is 4.36. The fourth-order valence-electron chi connectivity index (χ4n) is 2.22. The highest BCUT2D eigenvalue weighted by Gasteiger charge is 2.33. The van der Waals surface area contributed by atoms with Crippen molar-refractivity contribution in [3.8, 4) is 0 Å². The van der Waals surface area contributed by atoms with Crippen LogP contribution in [0.15, 0.2) is 29.2 Å². The number of nitro groups is 1. The van der Waals surface area contributed by atoms with E-state index in [0.29, 0.717) is 6.42 Å². The van der Waals surface area contributed by atoms with Gasteiger partial charge < -0.3 is 4.74 Å². The average molecular weight is 301 g/mol. The lowest BCUT2D eigenvalue weighted by Crippen LogP contribution is -2.27. The Morgan fingerprint density at radius 1 is 1.20 bits per heavy atom. The summed E-state index contributed by atoms with van der Waals surface area (Å²) in [7, 11) is -2.41. The Bertz CT molecular complexity index is 582. The SMILES string of the molecule is CO[C@H]1CCC[C@@H]1OS(=O)(=O)c1ccc([N+](=O)[O-])cc1. The molecule has 0 bridgehead atoms. The van der Waals surface area contributed by atoms with Crippen molar-refractivity contribution in [3.63, 3.8) is 0 Å². The van der Waals surface area contributed by atoms with Crippen molar-refractivity contribution in [2.75, 3.05) is 7.11 Å². The van der Waals surface area contributed by atoms with E-state index in [1.54, 1.807) is 0 Å². The number of nitro benzene ring substituents is 1. The fraction of sp³-hybridized carbons (Fsp3) is 0.500. The molecule has 0 aromatic heterocycles. The summed E-state index contributed by atoms with van der Waals surface area (Å²) in [6, 6.07) is 4.62. The van der Waals surface area contributed by atoms with Gasteiger partial charge >= 0.3 is 0 Å². The highest BCUT2D eigenvalue weighted by Crippen LogP contribution is 2.28. The Hall–Kier alpha value is -1.51. The molecule has 1 aliphatic carbocycles. The standard InChI is InChI=1S/C12H15NO6S/c1-18-11-3-2-4-12(11)19-20(16,17)10-7-5-9(6-8-10)13(14)15/h5-8,11-12H,2-4H2,1H3/t11-,12-/m0/s1. The van der Waals surface area contributed by atoms with Gasteiger partial charge in [-0.1, -0.05) is 0 Å². The molecular weight excluding hydrogens is 286 g/mol. The Labute approximate surface area is 116 Å². The molecule has 1 saturated carbocycles. The molecule has 0 N–H and O–H groups in total. The maximum absolute atomic E-state index is 12.1. The van der Waals surface area contributed by atoms with Gasteiger partial charge in [0.1, 0.15) is 6.10 Å². The molecule has 1 aromatic rings. The van der Waals surface area contributed by atoms with Crippen molar-refractivity contribution in [2.45, 2.75) is 36.4 Å². The average Bonchev–Trinajstić information content (AvgIpc) is 2.85. The van der Waals surface area contributed by atoms with Crippen LogP contribution in [0.5, 0.6) is 0 Å². The van der Waals surface area contributed by atoms with Crippen molar-refractivity contribution in [1.82, 2.24) is 0 Å². The van der Waals surface area contributed by atoms with E-state index in [2.05, 4.69) is 0 Å². The molecule has 7 nitrogen and oxygen atoms in total. The van der Waals surface area contributed by atoms with Crippen molar-refractivity contribution >= 4 is 15.8 Å². The van der Waals surface area contributed by atoms with Crippen LogP contribution in [-0.2, 0) is 19.0 Å². The minimum absolute atomic E-state index is 0.0927. The maximum Gasteiger partial charge on any atom is 0.297 e. The van der Waals surface area contributed by atoms with E-state index in [4.69, 9.17) is 8.92 Å². The van der Waals surface area contributed by atoms with Crippen LogP contribution >= 0.6 is 0 Å². The molecule has 8 heteroatoms. The quantitative estimate of drug-likeness (QED) is 0.468. The van der Waals surface area contributed by atoms with E-state index in [1.165, 1.54) is 19.2 Å². The van der Waals surface area contributed by atoms with Gasteiger partial charge in [0.05, 0.1) is 15.9 Å². The lowest BCUT2D eigenvalue weighted by Gasteiger charge is -2.18. The highest BCUT2D eigenvalue weighted by atomic mass is 32.2. The van der Waals surface area contributed by atoms with E-state index in [0.717, 1.165) is 25.0 Å². The third-order valence-corrected chi connectivity index (χ3v) is 4.63. The zero-order chi connectivity index (χ0) is 14.8. The van der Waals surface area contributed by atoms with Crippen molar-refractivity contribution < 1.29 is 22.3 Å². The molecule has 20 heavy (non-hydrogen) atoms. The van der Waals surface area contributed by atoms with Crippen LogP contribution < -0.4 is 0 Å². The highest BCUT2D eigenvalue weighted by molar-refractivity contribution is 7.86. The molecule has 1 fully saturated rings. The monoisotopic (exact) mass is 301 g/mol. The molecule has 2 rings (SSSR count). The molecule has 0 radical (unpaired) electrons. The van der Waals surface area contributed by atoms with Crippen molar-refractivity contribution in [3.05, 3.63) is 34.4 Å². The van der Waals surface area contributed by atoms with Crippen LogP contribution in [0.25, 0.3) is 0 Å². The Morgan fingerprint density at radius 3 is 2.35 bits per heavy atom. The van der Waals surface area contributed by atoms with Crippen LogP contribution in [0.2, 0.25) is 0 Å². The van der Waals surface area contributed by atoms with Gasteiger partial charge in [0.15, 0.2) is 0 Å². The molecule has 1 aromatic carbocycles. The minimum atomic E-state index is -3.93. The summed E-state index contributed by atoms with van der Waals surface area (Å²) in [6.07, 6.45) is 1.49. The van der Waals surface area contributed by atoms with Gasteiger partial charge in [-0.05, 0) is 31.4 Å². The zero-order valence-corrected chi connectivity index (χ0v) is 11.7. The Morgan fingerprint density at radius 2 is 1.80 bits per heavy atom. The molecule has 0 saturated heterocycles. The predicted octanol–water partition coefficient (Wildman–Crippen LogP) is 1.87. The van der Waals surface area contributed by atoms with Gasteiger partial charge in [0, 0.05) is 19.2 Å². The van der Waals surface area contributed by atoms with E-state index in [1.807, 2.05) is 0 Å². The van der Waals surface area contributed by atoms with Crippen LogP contribution in [0, 0.1) is 10.1 Å². The fourth-order valence-corrected chi connectivity index (χ4v) is 3.35. The number of benzene rings is 1. The van der Waals surface area contributed by atoms with E-state index in [-0.39, 0.29) is 16.7 Å². The molecule has 0 amide bonds. The number of rotatable bonds is 5. The molecule has 110 valence electrons. The second-order valence-corrected chi connectivity index (χ2v) is 6.12. The number of nitrogens with zero attached hydrogens (tertiary/aromatic N) is 1. The van der Waals surface area contributed by atoms with Crippen LogP contribution in [0.4, 0.5) is 5.69 Å². The first-order valence-electron chi connectivity index (χ1n) is 6.14. The van der Waals surface area contributed by atoms with Crippen molar-refractivity contribution in [1.29, 1.82) is 0 Å². The van der Waals surface area contributed by atoms with Gasteiger partial charge in [0.25, 0.3) is 15.8 Å². The number of hydrogen-bond donors (Lipinski definition) is 0. The molecular formula is C12H15NO6S. The lowest BCUT2D eigenvalue weighted by atomic mass is 10.3. The molecule has 0 heterocycles. The molecule has 0 aliphatic heterocycles. The van der Waals surface area contributed by atoms with Crippen molar-refractivity contribution in [2.24, 2.45) is 0 Å². The van der Waals surface area contributed by atoms with Gasteiger partial charge in [0.2, 0.25) is 0 Å². The normalized spacial score (nSPS) is 22.9. The lowest BCUT2D eigenvalue weighted by molar-refractivity contribution is -0.384. The predicted molar refractivity (Wildman–Crippen MR) is 69.8 cm³/mol. The minimum Gasteiger partial charge on any atom is -0.379 e. The van der Waals surface area contributed by atoms with Crippen LogP contribution in [0.3, 0.4) is 0 Å². The number of methoxy groups -OCH3 is 1. The maximum atomic E-state index is 12.1. The Balaban J connectivity index is 2.15. The smallest absolute Gasteiger partial charge is 0.297 e. The summed E-state index contributed by atoms with van der Waals surface area (Å²) in [4.78, 5) is 9.85. The van der Waals surface area contributed by atoms with Gasteiger partial charge in [-0.15, -0.1) is 0 Å². The first-order valence-corrected chi connectivity index (χ1v) is 7.55.